The molecular formula is C12H8F6N5. The first-order valence-electron chi connectivity index (χ1n) is 6.26. The summed E-state index contributed by atoms with van der Waals surface area (Å²) >= 11 is 0. The van der Waals surface area contributed by atoms with E-state index < -0.39 is 35.2 Å². The van der Waals surface area contributed by atoms with Crippen molar-refractivity contribution in [2.75, 3.05) is 0 Å². The zero-order valence-corrected chi connectivity index (χ0v) is 11.5. The van der Waals surface area contributed by atoms with Crippen molar-refractivity contribution in [1.29, 1.82) is 5.26 Å². The Kier molecular flexibility index (Phi) is 4.10. The molecule has 1 aliphatic heterocycles. The van der Waals surface area contributed by atoms with E-state index in [0.717, 1.165) is 0 Å². The Morgan fingerprint density at radius 3 is 2.30 bits per heavy atom. The SMILES string of the molecule is CCCc1cc(C(F)(F)F)n(C2=C(C(F)(F)F)[N]N=C2C#N)n1. The number of aromatic nitrogens is 2. The van der Waals surface area contributed by atoms with Gasteiger partial charge in [-0.15, -0.1) is 10.5 Å². The van der Waals surface area contributed by atoms with Crippen LogP contribution >= 0.6 is 0 Å². The minimum absolute atomic E-state index is 0.0435. The molecule has 1 aromatic heterocycles. The van der Waals surface area contributed by atoms with Crippen LogP contribution in [-0.2, 0) is 12.6 Å². The molecule has 11 heteroatoms. The van der Waals surface area contributed by atoms with Gasteiger partial charge in [0.1, 0.15) is 17.5 Å². The lowest BCUT2D eigenvalue weighted by atomic mass is 10.2. The largest absolute Gasteiger partial charge is 0.437 e. The monoisotopic (exact) mass is 336 g/mol. The van der Waals surface area contributed by atoms with Gasteiger partial charge in [0.2, 0.25) is 0 Å². The summed E-state index contributed by atoms with van der Waals surface area (Å²) in [7, 11) is 0. The molecule has 0 atom stereocenters. The zero-order chi connectivity index (χ0) is 17.4. The summed E-state index contributed by atoms with van der Waals surface area (Å²) < 4.78 is 78.1. The minimum atomic E-state index is -5.07. The van der Waals surface area contributed by atoms with E-state index in [1.807, 2.05) is 0 Å². The van der Waals surface area contributed by atoms with Gasteiger partial charge in [-0.05, 0) is 12.5 Å². The molecule has 0 saturated heterocycles. The predicted octanol–water partition coefficient (Wildman–Crippen LogP) is 3.08. The highest BCUT2D eigenvalue weighted by molar-refractivity contribution is 6.28. The number of nitrogens with zero attached hydrogens (tertiary/aromatic N) is 5. The summed E-state index contributed by atoms with van der Waals surface area (Å²) in [5.41, 5.74) is -2.36. The van der Waals surface area contributed by atoms with E-state index in [4.69, 9.17) is 5.26 Å². The van der Waals surface area contributed by atoms with E-state index in [0.29, 0.717) is 12.5 Å². The third-order valence-corrected chi connectivity index (χ3v) is 2.84. The van der Waals surface area contributed by atoms with Crippen molar-refractivity contribution in [2.45, 2.75) is 32.1 Å². The Morgan fingerprint density at radius 2 is 1.83 bits per heavy atom. The molecule has 123 valence electrons. The zero-order valence-electron chi connectivity index (χ0n) is 11.5. The van der Waals surface area contributed by atoms with Crippen LogP contribution in [-0.4, -0.2) is 21.7 Å². The average Bonchev–Trinajstić information content (AvgIpc) is 3.00. The molecule has 0 spiro atoms. The van der Waals surface area contributed by atoms with Gasteiger partial charge in [-0.3, -0.25) is 0 Å². The molecule has 1 aliphatic rings. The molecule has 23 heavy (non-hydrogen) atoms. The van der Waals surface area contributed by atoms with Crippen LogP contribution in [0.3, 0.4) is 0 Å². The number of nitriles is 1. The summed E-state index contributed by atoms with van der Waals surface area (Å²) in [4.78, 5) is 0. The summed E-state index contributed by atoms with van der Waals surface area (Å²) in [6, 6.07) is 1.96. The number of alkyl halides is 6. The topological polar surface area (TPSA) is 68.1 Å². The molecule has 5 nitrogen and oxygen atoms in total. The number of hydrogen-bond donors (Lipinski definition) is 0. The summed E-state index contributed by atoms with van der Waals surface area (Å²) in [5.74, 6) is 0. The first-order valence-corrected chi connectivity index (χ1v) is 6.26. The van der Waals surface area contributed by atoms with Gasteiger partial charge in [0.15, 0.2) is 11.4 Å². The van der Waals surface area contributed by atoms with Crippen LogP contribution in [0.2, 0.25) is 0 Å². The molecular weight excluding hydrogens is 328 g/mol. The predicted molar refractivity (Wildman–Crippen MR) is 65.7 cm³/mol. The lowest BCUT2D eigenvalue weighted by Crippen LogP contribution is -2.23. The Morgan fingerprint density at radius 1 is 1.17 bits per heavy atom. The molecule has 2 rings (SSSR count). The van der Waals surface area contributed by atoms with Crippen LogP contribution in [0, 0.1) is 11.3 Å². The molecule has 0 aliphatic carbocycles. The van der Waals surface area contributed by atoms with Crippen molar-refractivity contribution in [2.24, 2.45) is 5.10 Å². The fourth-order valence-electron chi connectivity index (χ4n) is 1.95. The first-order chi connectivity index (χ1) is 10.6. The lowest BCUT2D eigenvalue weighted by Gasteiger charge is -2.13. The van der Waals surface area contributed by atoms with Gasteiger partial charge in [-0.2, -0.15) is 36.7 Å². The van der Waals surface area contributed by atoms with Gasteiger partial charge in [0.05, 0.1) is 5.69 Å². The second kappa shape index (κ2) is 5.60. The fraction of sp³-hybridized carbons (Fsp3) is 0.417. The number of hydrogen-bond acceptors (Lipinski definition) is 3. The van der Waals surface area contributed by atoms with Gasteiger partial charge in [-0.1, -0.05) is 13.3 Å². The summed E-state index contributed by atoms with van der Waals surface area (Å²) in [6.07, 6.45) is -9.44. The van der Waals surface area contributed by atoms with Crippen LogP contribution in [0.15, 0.2) is 16.9 Å². The van der Waals surface area contributed by atoms with Crippen LogP contribution < -0.4 is 5.43 Å². The molecule has 0 amide bonds. The molecule has 0 N–H and O–H groups in total. The van der Waals surface area contributed by atoms with Gasteiger partial charge in [-0.25, -0.2) is 4.68 Å². The minimum Gasteiger partial charge on any atom is -0.223 e. The molecule has 0 unspecified atom stereocenters. The van der Waals surface area contributed by atoms with Crippen molar-refractivity contribution >= 4 is 11.4 Å². The molecule has 0 fully saturated rings. The van der Waals surface area contributed by atoms with Crippen molar-refractivity contribution < 1.29 is 26.3 Å². The Bertz CT molecular complexity index is 716. The molecule has 1 aromatic rings. The molecule has 0 saturated carbocycles. The maximum Gasteiger partial charge on any atom is 0.437 e. The molecule has 0 bridgehead atoms. The summed E-state index contributed by atoms with van der Waals surface area (Å²) in [6.45, 7) is 1.68. The number of aryl methyl sites for hydroxylation is 1. The Hall–Kier alpha value is -2.51. The number of allylic oxidation sites excluding steroid dienone is 2. The second-order valence-corrected chi connectivity index (χ2v) is 4.54. The quantitative estimate of drug-likeness (QED) is 0.796. The first kappa shape index (κ1) is 16.9. The van der Waals surface area contributed by atoms with Crippen LogP contribution in [0.4, 0.5) is 26.3 Å². The van der Waals surface area contributed by atoms with E-state index in [9.17, 15) is 26.3 Å². The van der Waals surface area contributed by atoms with E-state index >= 15 is 0 Å². The second-order valence-electron chi connectivity index (χ2n) is 4.54. The summed E-state index contributed by atoms with van der Waals surface area (Å²) in [5, 5.41) is 15.4. The Balaban J connectivity index is 2.72. The molecule has 2 heterocycles. The fourth-order valence-corrected chi connectivity index (χ4v) is 1.95. The highest BCUT2D eigenvalue weighted by Crippen LogP contribution is 2.37. The van der Waals surface area contributed by atoms with Gasteiger partial charge < -0.3 is 0 Å². The van der Waals surface area contributed by atoms with Crippen molar-refractivity contribution in [3.63, 3.8) is 0 Å². The van der Waals surface area contributed by atoms with Crippen LogP contribution in [0.1, 0.15) is 24.7 Å². The highest BCUT2D eigenvalue weighted by Gasteiger charge is 2.46. The van der Waals surface area contributed by atoms with Crippen molar-refractivity contribution in [1.82, 2.24) is 15.2 Å². The van der Waals surface area contributed by atoms with Gasteiger partial charge >= 0.3 is 12.4 Å². The average molecular weight is 336 g/mol. The Labute approximate surface area is 125 Å². The van der Waals surface area contributed by atoms with E-state index in [2.05, 4.69) is 15.6 Å². The number of halogens is 6. The third-order valence-electron chi connectivity index (χ3n) is 2.84. The maximum absolute atomic E-state index is 13.1. The van der Waals surface area contributed by atoms with Crippen LogP contribution in [0.25, 0.3) is 5.70 Å². The molecule has 1 radical (unpaired) electrons. The van der Waals surface area contributed by atoms with E-state index in [1.165, 1.54) is 6.07 Å². The van der Waals surface area contributed by atoms with Gasteiger partial charge in [0.25, 0.3) is 0 Å². The van der Waals surface area contributed by atoms with Crippen molar-refractivity contribution in [3.8, 4) is 6.07 Å². The van der Waals surface area contributed by atoms with Gasteiger partial charge in [0, 0.05) is 0 Å². The highest BCUT2D eigenvalue weighted by atomic mass is 19.4. The normalized spacial score (nSPS) is 15.5. The van der Waals surface area contributed by atoms with E-state index in [-0.39, 0.29) is 16.8 Å². The molecule has 0 aromatic carbocycles. The maximum atomic E-state index is 13.1. The lowest BCUT2D eigenvalue weighted by molar-refractivity contribution is -0.142. The van der Waals surface area contributed by atoms with Crippen LogP contribution in [0.5, 0.6) is 0 Å². The van der Waals surface area contributed by atoms with E-state index in [1.54, 1.807) is 6.92 Å². The number of rotatable bonds is 3. The third kappa shape index (κ3) is 3.15. The smallest absolute Gasteiger partial charge is 0.223 e. The standard InChI is InChI=1S/C12H8F6N5/c1-2-3-6-4-8(11(13,14)15)23(22-6)9-7(5-19)20-21-10(9)12(16,17)18/h4H,2-3H2,1H3. The van der Waals surface area contributed by atoms with Crippen molar-refractivity contribution in [3.05, 3.63) is 23.2 Å².